The minimum Gasteiger partial charge on any atom is -0.508 e. The van der Waals surface area contributed by atoms with Crippen molar-refractivity contribution in [3.8, 4) is 16.9 Å². The highest BCUT2D eigenvalue weighted by molar-refractivity contribution is 5.75. The second-order valence-electron chi connectivity index (χ2n) is 3.20. The van der Waals surface area contributed by atoms with Crippen molar-refractivity contribution in [2.75, 3.05) is 5.73 Å². The summed E-state index contributed by atoms with van der Waals surface area (Å²) in [7, 11) is 0. The molecular formula is C10H11N3O. The molecule has 14 heavy (non-hydrogen) atoms. The molecular weight excluding hydrogens is 178 g/mol. The third-order valence-electron chi connectivity index (χ3n) is 2.17. The predicted molar refractivity (Wildman–Crippen MR) is 54.8 cm³/mol. The highest BCUT2D eigenvalue weighted by Crippen LogP contribution is 2.28. The van der Waals surface area contributed by atoms with Crippen LogP contribution >= 0.6 is 0 Å². The van der Waals surface area contributed by atoms with Gasteiger partial charge < -0.3 is 10.8 Å². The molecule has 0 atom stereocenters. The van der Waals surface area contributed by atoms with Crippen LogP contribution in [0.2, 0.25) is 0 Å². The first-order valence-electron chi connectivity index (χ1n) is 4.27. The Kier molecular flexibility index (Phi) is 1.89. The van der Waals surface area contributed by atoms with E-state index in [2.05, 4.69) is 10.2 Å². The summed E-state index contributed by atoms with van der Waals surface area (Å²) in [6.45, 7) is 1.92. The second-order valence-corrected chi connectivity index (χ2v) is 3.20. The normalized spacial score (nSPS) is 10.4. The predicted octanol–water partition coefficient (Wildman–Crippen LogP) is 1.67. The Balaban J connectivity index is 2.58. The molecule has 1 aromatic heterocycles. The molecule has 4 heteroatoms. The molecule has 4 nitrogen and oxygen atoms in total. The second kappa shape index (κ2) is 3.06. The first-order chi connectivity index (χ1) is 6.68. The number of phenolic OH excluding ortho intramolecular Hbond substituents is 1. The zero-order chi connectivity index (χ0) is 10.1. The van der Waals surface area contributed by atoms with E-state index in [4.69, 9.17) is 5.73 Å². The number of aromatic nitrogens is 2. The number of rotatable bonds is 1. The lowest BCUT2D eigenvalue weighted by molar-refractivity contribution is 0.475. The maximum Gasteiger partial charge on any atom is 0.126 e. The Bertz CT molecular complexity index is 462. The standard InChI is InChI=1S/C10H11N3O/c1-6-4-7(14)2-3-8(6)9-5-12-13-10(9)11/h2-5,14H,1H3,(H3,11,12,13). The number of aromatic amines is 1. The summed E-state index contributed by atoms with van der Waals surface area (Å²) in [5.74, 6) is 0.798. The molecule has 2 rings (SSSR count). The molecule has 0 aliphatic heterocycles. The van der Waals surface area contributed by atoms with Gasteiger partial charge in [-0.05, 0) is 30.2 Å². The van der Waals surface area contributed by atoms with Crippen LogP contribution in [0, 0.1) is 6.92 Å². The van der Waals surface area contributed by atoms with E-state index in [1.165, 1.54) is 0 Å². The third-order valence-corrected chi connectivity index (χ3v) is 2.17. The van der Waals surface area contributed by atoms with Gasteiger partial charge in [0.15, 0.2) is 0 Å². The smallest absolute Gasteiger partial charge is 0.126 e. The molecule has 2 aromatic rings. The number of nitrogens with two attached hydrogens (primary N) is 1. The summed E-state index contributed by atoms with van der Waals surface area (Å²) in [5, 5.41) is 15.8. The summed E-state index contributed by atoms with van der Waals surface area (Å²) < 4.78 is 0. The van der Waals surface area contributed by atoms with Crippen LogP contribution in [-0.4, -0.2) is 15.3 Å². The van der Waals surface area contributed by atoms with Crippen molar-refractivity contribution >= 4 is 5.82 Å². The SMILES string of the molecule is Cc1cc(O)ccc1-c1cn[nH]c1N. The molecule has 0 bridgehead atoms. The van der Waals surface area contributed by atoms with E-state index >= 15 is 0 Å². The Morgan fingerprint density at radius 1 is 1.36 bits per heavy atom. The number of nitrogens with one attached hydrogen (secondary N) is 1. The first kappa shape index (κ1) is 8.62. The zero-order valence-corrected chi connectivity index (χ0v) is 7.78. The molecule has 0 spiro atoms. The van der Waals surface area contributed by atoms with Gasteiger partial charge in [0.1, 0.15) is 11.6 Å². The molecule has 0 fully saturated rings. The van der Waals surface area contributed by atoms with E-state index in [0.29, 0.717) is 5.82 Å². The van der Waals surface area contributed by atoms with Crippen molar-refractivity contribution in [3.63, 3.8) is 0 Å². The molecule has 0 saturated carbocycles. The number of hydrogen-bond donors (Lipinski definition) is 3. The van der Waals surface area contributed by atoms with Gasteiger partial charge in [0.2, 0.25) is 0 Å². The maximum atomic E-state index is 9.25. The summed E-state index contributed by atoms with van der Waals surface area (Å²) in [6.07, 6.45) is 1.68. The van der Waals surface area contributed by atoms with Crippen molar-refractivity contribution in [2.45, 2.75) is 6.92 Å². The molecule has 0 aliphatic carbocycles. The van der Waals surface area contributed by atoms with Crippen molar-refractivity contribution in [3.05, 3.63) is 30.0 Å². The fourth-order valence-corrected chi connectivity index (χ4v) is 1.46. The largest absolute Gasteiger partial charge is 0.508 e. The molecule has 0 radical (unpaired) electrons. The lowest BCUT2D eigenvalue weighted by atomic mass is 10.0. The molecule has 72 valence electrons. The van der Waals surface area contributed by atoms with Crippen molar-refractivity contribution in [1.82, 2.24) is 10.2 Å². The Labute approximate surface area is 81.4 Å². The molecule has 1 aromatic carbocycles. The molecule has 0 aliphatic rings. The van der Waals surface area contributed by atoms with Crippen LogP contribution in [0.1, 0.15) is 5.56 Å². The summed E-state index contributed by atoms with van der Waals surface area (Å²) in [6, 6.07) is 5.16. The lowest BCUT2D eigenvalue weighted by Crippen LogP contribution is -1.89. The van der Waals surface area contributed by atoms with Gasteiger partial charge in [0.05, 0.1) is 6.20 Å². The van der Waals surface area contributed by atoms with Crippen LogP contribution in [0.15, 0.2) is 24.4 Å². The number of nitrogens with zero attached hydrogens (tertiary/aromatic N) is 1. The van der Waals surface area contributed by atoms with Crippen molar-refractivity contribution in [2.24, 2.45) is 0 Å². The number of H-pyrrole nitrogens is 1. The third kappa shape index (κ3) is 1.31. The van der Waals surface area contributed by atoms with Gasteiger partial charge in [0.25, 0.3) is 0 Å². The molecule has 0 unspecified atom stereocenters. The summed E-state index contributed by atoms with van der Waals surface area (Å²) in [5.41, 5.74) is 8.51. The topological polar surface area (TPSA) is 74.9 Å². The first-order valence-corrected chi connectivity index (χ1v) is 4.27. The maximum absolute atomic E-state index is 9.25. The Morgan fingerprint density at radius 3 is 2.71 bits per heavy atom. The quantitative estimate of drug-likeness (QED) is 0.638. The number of hydrogen-bond acceptors (Lipinski definition) is 3. The van der Waals surface area contributed by atoms with Gasteiger partial charge >= 0.3 is 0 Å². The average molecular weight is 189 g/mol. The van der Waals surface area contributed by atoms with Crippen LogP contribution in [0.5, 0.6) is 5.75 Å². The summed E-state index contributed by atoms with van der Waals surface area (Å²) in [4.78, 5) is 0. The lowest BCUT2D eigenvalue weighted by Gasteiger charge is -2.04. The van der Waals surface area contributed by atoms with Gasteiger partial charge in [0, 0.05) is 5.56 Å². The molecule has 4 N–H and O–H groups in total. The van der Waals surface area contributed by atoms with Crippen molar-refractivity contribution < 1.29 is 5.11 Å². The number of aryl methyl sites for hydroxylation is 1. The minimum absolute atomic E-state index is 0.258. The number of benzene rings is 1. The number of aromatic hydroxyl groups is 1. The monoisotopic (exact) mass is 189 g/mol. The number of nitrogen functional groups attached to an aromatic ring is 1. The minimum atomic E-state index is 0.258. The van der Waals surface area contributed by atoms with E-state index in [1.807, 2.05) is 13.0 Å². The summed E-state index contributed by atoms with van der Waals surface area (Å²) >= 11 is 0. The van der Waals surface area contributed by atoms with Crippen LogP contribution in [0.25, 0.3) is 11.1 Å². The van der Waals surface area contributed by atoms with E-state index in [-0.39, 0.29) is 5.75 Å². The highest BCUT2D eigenvalue weighted by atomic mass is 16.3. The van der Waals surface area contributed by atoms with Crippen LogP contribution in [0.4, 0.5) is 5.82 Å². The van der Waals surface area contributed by atoms with Gasteiger partial charge in [-0.25, -0.2) is 0 Å². The van der Waals surface area contributed by atoms with Gasteiger partial charge in [-0.3, -0.25) is 5.10 Å². The molecule has 0 amide bonds. The van der Waals surface area contributed by atoms with Crippen LogP contribution < -0.4 is 5.73 Å². The molecule has 1 heterocycles. The van der Waals surface area contributed by atoms with E-state index < -0.39 is 0 Å². The number of anilines is 1. The van der Waals surface area contributed by atoms with E-state index in [0.717, 1.165) is 16.7 Å². The fraction of sp³-hybridized carbons (Fsp3) is 0.100. The van der Waals surface area contributed by atoms with Gasteiger partial charge in [-0.2, -0.15) is 5.10 Å². The van der Waals surface area contributed by atoms with Crippen LogP contribution in [0.3, 0.4) is 0 Å². The zero-order valence-electron chi connectivity index (χ0n) is 7.78. The fourth-order valence-electron chi connectivity index (χ4n) is 1.46. The van der Waals surface area contributed by atoms with E-state index in [9.17, 15) is 5.11 Å². The highest BCUT2D eigenvalue weighted by Gasteiger charge is 2.07. The van der Waals surface area contributed by atoms with Gasteiger partial charge in [-0.15, -0.1) is 0 Å². The van der Waals surface area contributed by atoms with E-state index in [1.54, 1.807) is 18.3 Å². The average Bonchev–Trinajstić information content (AvgIpc) is 2.52. The van der Waals surface area contributed by atoms with Crippen LogP contribution in [-0.2, 0) is 0 Å². The van der Waals surface area contributed by atoms with Crippen molar-refractivity contribution in [1.29, 1.82) is 0 Å². The number of phenols is 1. The Morgan fingerprint density at radius 2 is 2.14 bits per heavy atom. The molecule has 0 saturated heterocycles. The van der Waals surface area contributed by atoms with Gasteiger partial charge in [-0.1, -0.05) is 6.07 Å². The Hall–Kier alpha value is -1.97.